The molecule has 12 heteroatoms. The predicted octanol–water partition coefficient (Wildman–Crippen LogP) is 3.33. The summed E-state index contributed by atoms with van der Waals surface area (Å²) >= 11 is 12.1. The number of ether oxygens (including phenoxy) is 2. The van der Waals surface area contributed by atoms with Gasteiger partial charge in [-0.05, 0) is 43.7 Å². The van der Waals surface area contributed by atoms with Gasteiger partial charge in [0.25, 0.3) is 0 Å². The molecule has 9 nitrogen and oxygen atoms in total. The first-order chi connectivity index (χ1) is 16.4. The summed E-state index contributed by atoms with van der Waals surface area (Å²) in [4.78, 5) is 27.4. The number of hydrogen-bond donors (Lipinski definition) is 1. The highest BCUT2D eigenvalue weighted by atomic mass is 35.5. The third-order valence-electron chi connectivity index (χ3n) is 5.19. The van der Waals surface area contributed by atoms with E-state index in [1.165, 1.54) is 31.3 Å². The lowest BCUT2D eigenvalue weighted by Crippen LogP contribution is -2.51. The highest BCUT2D eigenvalue weighted by Gasteiger charge is 2.31. The Bertz CT molecular complexity index is 1180. The van der Waals surface area contributed by atoms with Crippen LogP contribution in [0.5, 0.6) is 11.5 Å². The molecule has 0 spiro atoms. The largest absolute Gasteiger partial charge is 0.497 e. The van der Waals surface area contributed by atoms with E-state index in [-0.39, 0.29) is 23.9 Å². The maximum absolute atomic E-state index is 13.5. The molecule has 0 unspecified atom stereocenters. The second-order valence-electron chi connectivity index (χ2n) is 7.65. The molecule has 0 saturated carbocycles. The predicted molar refractivity (Wildman–Crippen MR) is 137 cm³/mol. The monoisotopic (exact) mass is 545 g/mol. The Balaban J connectivity index is 2.47. The van der Waals surface area contributed by atoms with Gasteiger partial charge in [-0.1, -0.05) is 29.3 Å². The number of likely N-dealkylation sites (N-methyl/N-ethyl adjacent to an activating group) is 1. The summed E-state index contributed by atoms with van der Waals surface area (Å²) in [7, 11) is -1.06. The van der Waals surface area contributed by atoms with Crippen molar-refractivity contribution in [3.05, 3.63) is 52.0 Å². The van der Waals surface area contributed by atoms with Crippen LogP contribution in [0.15, 0.2) is 36.4 Å². The van der Waals surface area contributed by atoms with Gasteiger partial charge in [-0.25, -0.2) is 8.42 Å². The molecule has 2 aromatic rings. The van der Waals surface area contributed by atoms with Crippen LogP contribution in [-0.2, 0) is 26.2 Å². The van der Waals surface area contributed by atoms with Crippen LogP contribution in [0.2, 0.25) is 10.0 Å². The van der Waals surface area contributed by atoms with E-state index < -0.39 is 28.5 Å². The topological polar surface area (TPSA) is 105 Å². The van der Waals surface area contributed by atoms with Crippen molar-refractivity contribution in [2.45, 2.75) is 26.4 Å². The number of nitrogens with one attached hydrogen (secondary N) is 1. The SMILES string of the molecule is CCNC(=O)[C@H](C)N(Cc1ccc(Cl)c(Cl)c1)C(=O)CN(c1ccc(OC)cc1OC)S(C)(=O)=O. The van der Waals surface area contributed by atoms with Gasteiger partial charge in [-0.15, -0.1) is 0 Å². The minimum Gasteiger partial charge on any atom is -0.497 e. The molecule has 0 aliphatic carbocycles. The van der Waals surface area contributed by atoms with Crippen LogP contribution < -0.4 is 19.1 Å². The Morgan fingerprint density at radius 3 is 2.29 bits per heavy atom. The van der Waals surface area contributed by atoms with E-state index in [4.69, 9.17) is 32.7 Å². The van der Waals surface area contributed by atoms with Gasteiger partial charge in [0.15, 0.2) is 0 Å². The maximum atomic E-state index is 13.5. The lowest BCUT2D eigenvalue weighted by molar-refractivity contribution is -0.139. The van der Waals surface area contributed by atoms with Gasteiger partial charge >= 0.3 is 0 Å². The van der Waals surface area contributed by atoms with Gasteiger partial charge in [0.1, 0.15) is 24.1 Å². The van der Waals surface area contributed by atoms with E-state index in [1.54, 1.807) is 38.1 Å². The van der Waals surface area contributed by atoms with Crippen molar-refractivity contribution < 1.29 is 27.5 Å². The Labute approximate surface area is 215 Å². The molecule has 2 aromatic carbocycles. The molecule has 2 amide bonds. The standard InChI is InChI=1S/C23H29Cl2N3O6S/c1-6-26-23(30)15(2)27(13-16-7-9-18(24)19(25)11-16)22(29)14-28(35(5,31)32)20-10-8-17(33-3)12-21(20)34-4/h7-12,15H,6,13-14H2,1-5H3,(H,26,30)/t15-/m0/s1. The molecule has 0 radical (unpaired) electrons. The van der Waals surface area contributed by atoms with Crippen molar-refractivity contribution >= 4 is 50.7 Å². The Morgan fingerprint density at radius 2 is 1.74 bits per heavy atom. The summed E-state index contributed by atoms with van der Waals surface area (Å²) in [5.74, 6) is -0.321. The zero-order valence-corrected chi connectivity index (χ0v) is 22.5. The molecular weight excluding hydrogens is 517 g/mol. The number of halogens is 2. The van der Waals surface area contributed by atoms with Gasteiger partial charge in [0, 0.05) is 19.2 Å². The number of carbonyl (C=O) groups excluding carboxylic acids is 2. The second kappa shape index (κ2) is 12.3. The number of amides is 2. The van der Waals surface area contributed by atoms with Gasteiger partial charge < -0.3 is 19.7 Å². The molecule has 0 aromatic heterocycles. The van der Waals surface area contributed by atoms with E-state index in [0.29, 0.717) is 27.9 Å². The molecule has 0 heterocycles. The maximum Gasteiger partial charge on any atom is 0.244 e. The number of anilines is 1. The molecule has 2 rings (SSSR count). The number of benzene rings is 2. The molecule has 1 N–H and O–H groups in total. The summed E-state index contributed by atoms with van der Waals surface area (Å²) in [6, 6.07) is 8.53. The Kier molecular flexibility index (Phi) is 10.1. The summed E-state index contributed by atoms with van der Waals surface area (Å²) in [5.41, 5.74) is 0.779. The zero-order valence-electron chi connectivity index (χ0n) is 20.2. The highest BCUT2D eigenvalue weighted by Crippen LogP contribution is 2.34. The number of hydrogen-bond acceptors (Lipinski definition) is 6. The van der Waals surface area contributed by atoms with Gasteiger partial charge in [0.2, 0.25) is 21.8 Å². The normalized spacial score (nSPS) is 12.0. The number of rotatable bonds is 11. The minimum atomic E-state index is -3.91. The number of methoxy groups -OCH3 is 2. The molecule has 192 valence electrons. The van der Waals surface area contributed by atoms with Crippen LogP contribution in [0.25, 0.3) is 0 Å². The molecule has 0 aliphatic heterocycles. The number of nitrogens with zero attached hydrogens (tertiary/aromatic N) is 2. The molecule has 0 saturated heterocycles. The quantitative estimate of drug-likeness (QED) is 0.464. The lowest BCUT2D eigenvalue weighted by atomic mass is 10.1. The third-order valence-corrected chi connectivity index (χ3v) is 7.06. The van der Waals surface area contributed by atoms with Crippen molar-refractivity contribution in [2.75, 3.05) is 37.9 Å². The fourth-order valence-corrected chi connectivity index (χ4v) is 4.50. The first-order valence-electron chi connectivity index (χ1n) is 10.6. The summed E-state index contributed by atoms with van der Waals surface area (Å²) in [5, 5.41) is 3.33. The lowest BCUT2D eigenvalue weighted by Gasteiger charge is -2.31. The zero-order chi connectivity index (χ0) is 26.3. The third kappa shape index (κ3) is 7.39. The van der Waals surface area contributed by atoms with Crippen LogP contribution in [0, 0.1) is 0 Å². The number of sulfonamides is 1. The Morgan fingerprint density at radius 1 is 1.06 bits per heavy atom. The fourth-order valence-electron chi connectivity index (χ4n) is 3.32. The van der Waals surface area contributed by atoms with Crippen LogP contribution in [0.4, 0.5) is 5.69 Å². The van der Waals surface area contributed by atoms with Crippen LogP contribution in [-0.4, -0.2) is 64.7 Å². The molecule has 35 heavy (non-hydrogen) atoms. The van der Waals surface area contributed by atoms with E-state index in [2.05, 4.69) is 5.32 Å². The average molecular weight is 546 g/mol. The van der Waals surface area contributed by atoms with Crippen LogP contribution in [0.3, 0.4) is 0 Å². The molecular formula is C23H29Cl2N3O6S. The first kappa shape index (κ1) is 28.5. The molecule has 0 bridgehead atoms. The van der Waals surface area contributed by atoms with Crippen molar-refractivity contribution in [1.29, 1.82) is 0 Å². The van der Waals surface area contributed by atoms with E-state index in [9.17, 15) is 18.0 Å². The van der Waals surface area contributed by atoms with Crippen LogP contribution in [0.1, 0.15) is 19.4 Å². The Hall–Kier alpha value is -2.69. The molecule has 0 aliphatic rings. The van der Waals surface area contributed by atoms with Gasteiger partial charge in [-0.3, -0.25) is 13.9 Å². The van der Waals surface area contributed by atoms with E-state index >= 15 is 0 Å². The van der Waals surface area contributed by atoms with Crippen molar-refractivity contribution in [1.82, 2.24) is 10.2 Å². The fraction of sp³-hybridized carbons (Fsp3) is 0.391. The summed E-state index contributed by atoms with van der Waals surface area (Å²) in [6.45, 7) is 3.14. The first-order valence-corrected chi connectivity index (χ1v) is 13.2. The second-order valence-corrected chi connectivity index (χ2v) is 10.4. The van der Waals surface area contributed by atoms with Crippen molar-refractivity contribution in [2.24, 2.45) is 0 Å². The summed E-state index contributed by atoms with van der Waals surface area (Å²) in [6.07, 6.45) is 0.987. The summed E-state index contributed by atoms with van der Waals surface area (Å²) < 4.78 is 36.9. The van der Waals surface area contributed by atoms with E-state index in [1.807, 2.05) is 0 Å². The molecule has 1 atom stereocenters. The average Bonchev–Trinajstić information content (AvgIpc) is 2.81. The van der Waals surface area contributed by atoms with Crippen molar-refractivity contribution in [3.8, 4) is 11.5 Å². The highest BCUT2D eigenvalue weighted by molar-refractivity contribution is 7.92. The van der Waals surface area contributed by atoms with Gasteiger partial charge in [-0.2, -0.15) is 0 Å². The number of carbonyl (C=O) groups is 2. The smallest absolute Gasteiger partial charge is 0.244 e. The van der Waals surface area contributed by atoms with Crippen LogP contribution >= 0.6 is 23.2 Å². The van der Waals surface area contributed by atoms with Crippen molar-refractivity contribution in [3.63, 3.8) is 0 Å². The molecule has 0 fully saturated rings. The van der Waals surface area contributed by atoms with E-state index in [0.717, 1.165) is 10.6 Å². The minimum absolute atomic E-state index is 0.00533. The van der Waals surface area contributed by atoms with Gasteiger partial charge in [0.05, 0.1) is 36.2 Å².